The molecule has 1 aromatic rings. The van der Waals surface area contributed by atoms with E-state index in [1.165, 1.54) is 0 Å². The highest BCUT2D eigenvalue weighted by Crippen LogP contribution is 2.25. The molecule has 1 rings (SSSR count). The first-order valence-corrected chi connectivity index (χ1v) is 5.77. The highest BCUT2D eigenvalue weighted by Gasteiger charge is 2.19. The number of nitrogens with one attached hydrogen (secondary N) is 1. The smallest absolute Gasteiger partial charge is 0.137 e. The summed E-state index contributed by atoms with van der Waals surface area (Å²) in [4.78, 5) is 0. The van der Waals surface area contributed by atoms with E-state index in [2.05, 4.69) is 21.2 Å². The summed E-state index contributed by atoms with van der Waals surface area (Å²) in [7, 11) is 1.89. The van der Waals surface area contributed by atoms with Crippen molar-refractivity contribution >= 4 is 15.9 Å². The van der Waals surface area contributed by atoms with Crippen LogP contribution in [0.15, 0.2) is 21.2 Å². The summed E-state index contributed by atoms with van der Waals surface area (Å²) in [6.45, 7) is 6.71. The molecule has 1 N–H and O–H groups in total. The lowest BCUT2D eigenvalue weighted by atomic mass is 10.2. The molecule has 0 aliphatic rings. The fourth-order valence-corrected chi connectivity index (χ4v) is 1.66. The first-order valence-electron chi connectivity index (χ1n) is 4.98. The van der Waals surface area contributed by atoms with Crippen LogP contribution >= 0.6 is 15.9 Å². The Bertz CT molecular complexity index is 304. The van der Waals surface area contributed by atoms with E-state index in [9.17, 15) is 0 Å². The number of furan rings is 1. The summed E-state index contributed by atoms with van der Waals surface area (Å²) >= 11 is 3.44. The van der Waals surface area contributed by atoms with Gasteiger partial charge in [0.2, 0.25) is 0 Å². The average Bonchev–Trinajstić information content (AvgIpc) is 2.52. The van der Waals surface area contributed by atoms with Gasteiger partial charge in [-0.1, -0.05) is 0 Å². The van der Waals surface area contributed by atoms with Crippen LogP contribution in [0.2, 0.25) is 0 Å². The molecule has 0 spiro atoms. The Morgan fingerprint density at radius 1 is 1.53 bits per heavy atom. The summed E-state index contributed by atoms with van der Waals surface area (Å²) in [5.41, 5.74) is -0.131. The van der Waals surface area contributed by atoms with Gasteiger partial charge in [0.15, 0.2) is 0 Å². The standard InChI is InChI=1S/C11H18BrNO2/c1-11(2,3)15-7-9(13-4)10-8(12)5-6-14-10/h5-6,9,13H,7H2,1-4H3. The van der Waals surface area contributed by atoms with Crippen molar-refractivity contribution in [3.8, 4) is 0 Å². The van der Waals surface area contributed by atoms with Crippen LogP contribution in [-0.4, -0.2) is 19.3 Å². The Morgan fingerprint density at radius 2 is 2.20 bits per heavy atom. The number of ether oxygens (including phenoxy) is 1. The third-order valence-corrected chi connectivity index (χ3v) is 2.65. The third-order valence-electron chi connectivity index (χ3n) is 1.99. The Morgan fingerprint density at radius 3 is 2.60 bits per heavy atom. The molecule has 0 amide bonds. The topological polar surface area (TPSA) is 34.4 Å². The lowest BCUT2D eigenvalue weighted by Gasteiger charge is -2.23. The van der Waals surface area contributed by atoms with Crippen LogP contribution in [0.4, 0.5) is 0 Å². The first-order chi connectivity index (χ1) is 6.94. The molecule has 0 saturated heterocycles. The van der Waals surface area contributed by atoms with Crippen LogP contribution in [0, 0.1) is 0 Å². The van der Waals surface area contributed by atoms with Crippen molar-refractivity contribution in [2.24, 2.45) is 0 Å². The Balaban J connectivity index is 2.61. The molecule has 1 unspecified atom stereocenters. The van der Waals surface area contributed by atoms with Crippen LogP contribution in [0.1, 0.15) is 32.6 Å². The van der Waals surface area contributed by atoms with E-state index in [1.807, 2.05) is 33.9 Å². The molecule has 15 heavy (non-hydrogen) atoms. The minimum Gasteiger partial charge on any atom is -0.466 e. The van der Waals surface area contributed by atoms with Gasteiger partial charge in [0.1, 0.15) is 5.76 Å². The largest absolute Gasteiger partial charge is 0.466 e. The molecule has 0 radical (unpaired) electrons. The highest BCUT2D eigenvalue weighted by molar-refractivity contribution is 9.10. The predicted molar refractivity (Wildman–Crippen MR) is 63.9 cm³/mol. The van der Waals surface area contributed by atoms with Gasteiger partial charge in [-0.2, -0.15) is 0 Å². The number of hydrogen-bond donors (Lipinski definition) is 1. The van der Waals surface area contributed by atoms with Gasteiger partial charge in [-0.25, -0.2) is 0 Å². The molecular formula is C11H18BrNO2. The number of rotatable bonds is 4. The summed E-state index contributed by atoms with van der Waals surface area (Å²) in [5.74, 6) is 0.877. The summed E-state index contributed by atoms with van der Waals surface area (Å²) < 4.78 is 12.1. The highest BCUT2D eigenvalue weighted by atomic mass is 79.9. The van der Waals surface area contributed by atoms with Crippen LogP contribution in [-0.2, 0) is 4.74 Å². The van der Waals surface area contributed by atoms with Gasteiger partial charge < -0.3 is 14.5 Å². The monoisotopic (exact) mass is 275 g/mol. The number of halogens is 1. The minimum absolute atomic E-state index is 0.0774. The maximum absolute atomic E-state index is 5.72. The molecule has 0 aliphatic heterocycles. The van der Waals surface area contributed by atoms with Crippen LogP contribution in [0.25, 0.3) is 0 Å². The van der Waals surface area contributed by atoms with E-state index in [-0.39, 0.29) is 11.6 Å². The van der Waals surface area contributed by atoms with Gasteiger partial charge in [-0.3, -0.25) is 0 Å². The molecule has 1 atom stereocenters. The van der Waals surface area contributed by atoms with Crippen molar-refractivity contribution in [1.29, 1.82) is 0 Å². The second-order valence-electron chi connectivity index (χ2n) is 4.40. The lowest BCUT2D eigenvalue weighted by Crippen LogP contribution is -2.28. The van der Waals surface area contributed by atoms with Gasteiger partial charge in [0, 0.05) is 0 Å². The van der Waals surface area contributed by atoms with E-state index >= 15 is 0 Å². The zero-order chi connectivity index (χ0) is 11.5. The molecule has 0 aliphatic carbocycles. The van der Waals surface area contributed by atoms with Crippen LogP contribution in [0.5, 0.6) is 0 Å². The Kier molecular flexibility index (Phi) is 4.37. The molecule has 86 valence electrons. The van der Waals surface area contributed by atoms with Crippen LogP contribution in [0.3, 0.4) is 0 Å². The van der Waals surface area contributed by atoms with Gasteiger partial charge >= 0.3 is 0 Å². The molecule has 0 bridgehead atoms. The maximum atomic E-state index is 5.72. The zero-order valence-corrected chi connectivity index (χ0v) is 11.2. The molecule has 1 heterocycles. The first kappa shape index (κ1) is 12.7. The van der Waals surface area contributed by atoms with Crippen molar-refractivity contribution < 1.29 is 9.15 Å². The molecule has 4 heteroatoms. The SMILES string of the molecule is CNC(COC(C)(C)C)c1occc1Br. The van der Waals surface area contributed by atoms with Gasteiger partial charge in [0.05, 0.1) is 29.0 Å². The van der Waals surface area contributed by atoms with Crippen molar-refractivity contribution in [3.05, 3.63) is 22.6 Å². The predicted octanol–water partition coefficient (Wildman–Crippen LogP) is 3.12. The third kappa shape index (κ3) is 3.97. The van der Waals surface area contributed by atoms with E-state index in [1.54, 1.807) is 6.26 Å². The van der Waals surface area contributed by atoms with E-state index in [4.69, 9.17) is 9.15 Å². The summed E-state index contributed by atoms with van der Waals surface area (Å²) in [6, 6.07) is 1.96. The fourth-order valence-electron chi connectivity index (χ4n) is 1.18. The van der Waals surface area contributed by atoms with Crippen molar-refractivity contribution in [2.75, 3.05) is 13.7 Å². The summed E-state index contributed by atoms with van der Waals surface area (Å²) in [5, 5.41) is 3.17. The number of likely N-dealkylation sites (N-methyl/N-ethyl adjacent to an activating group) is 1. The van der Waals surface area contributed by atoms with Crippen LogP contribution < -0.4 is 5.32 Å². The summed E-state index contributed by atoms with van der Waals surface area (Å²) in [6.07, 6.45) is 1.67. The molecule has 0 fully saturated rings. The minimum atomic E-state index is -0.131. The van der Waals surface area contributed by atoms with Crippen molar-refractivity contribution in [1.82, 2.24) is 5.32 Å². The van der Waals surface area contributed by atoms with Crippen molar-refractivity contribution in [2.45, 2.75) is 32.4 Å². The zero-order valence-electron chi connectivity index (χ0n) is 9.63. The van der Waals surface area contributed by atoms with Crippen molar-refractivity contribution in [3.63, 3.8) is 0 Å². The quantitative estimate of drug-likeness (QED) is 0.917. The van der Waals surface area contributed by atoms with Gasteiger partial charge in [-0.05, 0) is 49.8 Å². The molecule has 3 nitrogen and oxygen atoms in total. The molecule has 0 aromatic carbocycles. The Labute approximate surface area is 99.3 Å². The van der Waals surface area contributed by atoms with Gasteiger partial charge in [0.25, 0.3) is 0 Å². The molecular weight excluding hydrogens is 258 g/mol. The fraction of sp³-hybridized carbons (Fsp3) is 0.636. The van der Waals surface area contributed by atoms with E-state index < -0.39 is 0 Å². The Hall–Kier alpha value is -0.320. The average molecular weight is 276 g/mol. The molecule has 0 saturated carbocycles. The lowest BCUT2D eigenvalue weighted by molar-refractivity contribution is -0.0164. The molecule has 1 aromatic heterocycles. The van der Waals surface area contributed by atoms with E-state index in [0.29, 0.717) is 6.61 Å². The number of hydrogen-bond acceptors (Lipinski definition) is 3. The van der Waals surface area contributed by atoms with E-state index in [0.717, 1.165) is 10.2 Å². The normalized spacial score (nSPS) is 14.2. The maximum Gasteiger partial charge on any atom is 0.137 e. The van der Waals surface area contributed by atoms with Gasteiger partial charge in [-0.15, -0.1) is 0 Å². The second kappa shape index (κ2) is 5.14. The second-order valence-corrected chi connectivity index (χ2v) is 5.25.